The van der Waals surface area contributed by atoms with E-state index in [0.717, 1.165) is 28.3 Å². The Bertz CT molecular complexity index is 3530. The number of aromatic nitrogens is 1. The zero-order valence-corrected chi connectivity index (χ0v) is 36.5. The Kier molecular flexibility index (Phi) is 7.74. The quantitative estimate of drug-likeness (QED) is 0.168. The van der Waals surface area contributed by atoms with Gasteiger partial charge in [-0.2, -0.15) is 0 Å². The van der Waals surface area contributed by atoms with Crippen molar-refractivity contribution in [1.82, 2.24) is 4.57 Å². The molecule has 64 heavy (non-hydrogen) atoms. The third-order valence-electron chi connectivity index (χ3n) is 14.7. The first-order chi connectivity index (χ1) is 31.2. The van der Waals surface area contributed by atoms with Crippen LogP contribution in [0.15, 0.2) is 206 Å². The summed E-state index contributed by atoms with van der Waals surface area (Å²) < 4.78 is 2.52. The molecule has 0 fully saturated rings. The molecule has 0 unspecified atom stereocenters. The summed E-state index contributed by atoms with van der Waals surface area (Å²) in [6.07, 6.45) is 0. The first-order valence-corrected chi connectivity index (χ1v) is 22.6. The number of hydrogen-bond acceptors (Lipinski definition) is 1. The minimum atomic E-state index is -0.152. The van der Waals surface area contributed by atoms with Gasteiger partial charge in [0, 0.05) is 44.4 Å². The Morgan fingerprint density at radius 2 is 0.766 bits per heavy atom. The van der Waals surface area contributed by atoms with E-state index in [1.54, 1.807) is 0 Å². The molecule has 0 atom stereocenters. The van der Waals surface area contributed by atoms with Crippen LogP contribution >= 0.6 is 0 Å². The average Bonchev–Trinajstić information content (AvgIpc) is 3.85. The second-order valence-corrected chi connectivity index (χ2v) is 19.0. The molecule has 0 radical (unpaired) electrons. The minimum absolute atomic E-state index is 0.152. The van der Waals surface area contributed by atoms with Crippen molar-refractivity contribution in [2.45, 2.75) is 38.5 Å². The van der Waals surface area contributed by atoms with E-state index < -0.39 is 0 Å². The molecule has 0 bridgehead atoms. The van der Waals surface area contributed by atoms with Crippen LogP contribution in [0.25, 0.3) is 82.4 Å². The van der Waals surface area contributed by atoms with Crippen LogP contribution < -0.4 is 4.90 Å². The van der Waals surface area contributed by atoms with Crippen molar-refractivity contribution in [3.8, 4) is 39.1 Å². The maximum atomic E-state index is 2.52. The molecule has 2 aliphatic carbocycles. The highest BCUT2D eigenvalue weighted by molar-refractivity contribution is 6.17. The highest BCUT2D eigenvalue weighted by atomic mass is 15.1. The van der Waals surface area contributed by atoms with E-state index in [-0.39, 0.29) is 10.8 Å². The van der Waals surface area contributed by atoms with Crippen molar-refractivity contribution in [1.29, 1.82) is 0 Å². The fraction of sp³-hybridized carbons (Fsp3) is 0.0968. The highest BCUT2D eigenvalue weighted by Crippen LogP contribution is 2.53. The molecule has 0 amide bonds. The van der Waals surface area contributed by atoms with Gasteiger partial charge in [-0.25, -0.2) is 0 Å². The average molecular weight is 819 g/mol. The number of nitrogens with zero attached hydrogens (tertiary/aromatic N) is 2. The van der Waals surface area contributed by atoms with Crippen molar-refractivity contribution in [2.24, 2.45) is 0 Å². The summed E-state index contributed by atoms with van der Waals surface area (Å²) in [7, 11) is 0. The van der Waals surface area contributed by atoms with Crippen molar-refractivity contribution < 1.29 is 0 Å². The summed E-state index contributed by atoms with van der Waals surface area (Å²) in [4.78, 5) is 2.52. The molecule has 13 rings (SSSR count). The van der Waals surface area contributed by atoms with E-state index in [2.05, 4.69) is 243 Å². The van der Waals surface area contributed by atoms with Gasteiger partial charge in [-0.3, -0.25) is 0 Å². The van der Waals surface area contributed by atoms with Crippen LogP contribution in [0.2, 0.25) is 0 Å². The Hall–Kier alpha value is -7.68. The third kappa shape index (κ3) is 5.32. The molecule has 0 aliphatic heterocycles. The molecule has 2 heteroatoms. The van der Waals surface area contributed by atoms with Gasteiger partial charge < -0.3 is 9.47 Å². The molecule has 0 spiro atoms. The largest absolute Gasteiger partial charge is 0.310 e. The van der Waals surface area contributed by atoms with E-state index in [1.807, 2.05) is 0 Å². The summed E-state index contributed by atoms with van der Waals surface area (Å²) in [5, 5.41) is 7.46. The van der Waals surface area contributed by atoms with E-state index in [1.165, 1.54) is 93.4 Å². The molecular formula is C62H46N2. The molecule has 0 saturated heterocycles. The Morgan fingerprint density at radius 3 is 1.28 bits per heavy atom. The number of anilines is 3. The zero-order valence-electron chi connectivity index (χ0n) is 36.5. The normalized spacial score (nSPS) is 14.2. The molecule has 1 aromatic heterocycles. The van der Waals surface area contributed by atoms with Crippen LogP contribution in [-0.2, 0) is 10.8 Å². The number of hydrogen-bond donors (Lipinski definition) is 0. The van der Waals surface area contributed by atoms with Gasteiger partial charge in [0.05, 0.1) is 11.0 Å². The molecule has 0 N–H and O–H groups in total. The highest BCUT2D eigenvalue weighted by Gasteiger charge is 2.38. The van der Waals surface area contributed by atoms with Gasteiger partial charge in [0.15, 0.2) is 0 Å². The lowest BCUT2D eigenvalue weighted by Gasteiger charge is -2.30. The SMILES string of the molecule is CC1(C)c2ccccc2-c2ccc(N(c3cc(-c4ccccc4)cc(-n4c5cc6ccccc6cc5c5cc6ccccc6cc54)c3)c3ccc4c(c3)C(C)(C)c3ccccc3-4)cc21. The van der Waals surface area contributed by atoms with Crippen LogP contribution in [-0.4, -0.2) is 4.57 Å². The fourth-order valence-electron chi connectivity index (χ4n) is 11.4. The topological polar surface area (TPSA) is 8.17 Å². The van der Waals surface area contributed by atoms with E-state index in [4.69, 9.17) is 0 Å². The van der Waals surface area contributed by atoms with E-state index in [0.29, 0.717) is 0 Å². The third-order valence-corrected chi connectivity index (χ3v) is 14.7. The monoisotopic (exact) mass is 818 g/mol. The first kappa shape index (κ1) is 36.9. The standard InChI is InChI=1S/C62H46N2/c1-61(2)55-24-14-12-22-49(55)51-28-26-45(37-57(51)61)63(46-27-29-52-50-23-13-15-25-56(50)62(3,4)58(52)38-46)47-30-44(39-16-6-5-7-17-39)31-48(36-47)64-59-34-42-20-10-8-18-40(42)32-53(59)54-33-41-19-9-11-21-43(41)35-60(54)64/h5-38H,1-4H3. The molecule has 2 nitrogen and oxygen atoms in total. The lowest BCUT2D eigenvalue weighted by Crippen LogP contribution is -2.18. The molecular weight excluding hydrogens is 773 g/mol. The van der Waals surface area contributed by atoms with Gasteiger partial charge in [-0.05, 0) is 144 Å². The molecule has 10 aromatic carbocycles. The van der Waals surface area contributed by atoms with Gasteiger partial charge in [0.1, 0.15) is 0 Å². The van der Waals surface area contributed by atoms with Gasteiger partial charge in [-0.1, -0.05) is 167 Å². The lowest BCUT2D eigenvalue weighted by atomic mass is 9.82. The Balaban J connectivity index is 1.11. The van der Waals surface area contributed by atoms with Crippen molar-refractivity contribution in [3.63, 3.8) is 0 Å². The van der Waals surface area contributed by atoms with E-state index in [9.17, 15) is 0 Å². The van der Waals surface area contributed by atoms with E-state index >= 15 is 0 Å². The number of rotatable bonds is 5. The maximum Gasteiger partial charge on any atom is 0.0547 e. The zero-order chi connectivity index (χ0) is 42.9. The number of fused-ring (bicyclic) bond motifs is 11. The summed E-state index contributed by atoms with van der Waals surface area (Å²) >= 11 is 0. The molecule has 11 aromatic rings. The maximum absolute atomic E-state index is 2.52. The van der Waals surface area contributed by atoms with Crippen LogP contribution in [0.5, 0.6) is 0 Å². The van der Waals surface area contributed by atoms with Crippen molar-refractivity contribution in [2.75, 3.05) is 4.90 Å². The smallest absolute Gasteiger partial charge is 0.0547 e. The minimum Gasteiger partial charge on any atom is -0.310 e. The molecule has 2 aliphatic rings. The lowest BCUT2D eigenvalue weighted by molar-refractivity contribution is 0.660. The predicted octanol–water partition coefficient (Wildman–Crippen LogP) is 16.8. The van der Waals surface area contributed by atoms with Crippen LogP contribution in [0.1, 0.15) is 49.9 Å². The van der Waals surface area contributed by atoms with Gasteiger partial charge in [0.2, 0.25) is 0 Å². The van der Waals surface area contributed by atoms with Gasteiger partial charge in [0.25, 0.3) is 0 Å². The second kappa shape index (κ2) is 13.4. The van der Waals surface area contributed by atoms with Crippen LogP contribution in [0.4, 0.5) is 17.1 Å². The van der Waals surface area contributed by atoms with Gasteiger partial charge >= 0.3 is 0 Å². The fourth-order valence-corrected chi connectivity index (χ4v) is 11.4. The molecule has 304 valence electrons. The summed E-state index contributed by atoms with van der Waals surface area (Å²) in [5.41, 5.74) is 19.7. The first-order valence-electron chi connectivity index (χ1n) is 22.6. The summed E-state index contributed by atoms with van der Waals surface area (Å²) in [6.45, 7) is 9.52. The van der Waals surface area contributed by atoms with Crippen molar-refractivity contribution >= 4 is 60.4 Å². The Morgan fingerprint density at radius 1 is 0.328 bits per heavy atom. The summed E-state index contributed by atoms with van der Waals surface area (Å²) in [6, 6.07) is 77.4. The van der Waals surface area contributed by atoms with Crippen LogP contribution in [0, 0.1) is 0 Å². The summed E-state index contributed by atoms with van der Waals surface area (Å²) in [5.74, 6) is 0. The van der Waals surface area contributed by atoms with Crippen LogP contribution in [0.3, 0.4) is 0 Å². The molecule has 1 heterocycles. The Labute approximate surface area is 374 Å². The molecule has 0 saturated carbocycles. The second-order valence-electron chi connectivity index (χ2n) is 19.0. The predicted molar refractivity (Wildman–Crippen MR) is 271 cm³/mol. The van der Waals surface area contributed by atoms with Gasteiger partial charge in [-0.15, -0.1) is 0 Å². The number of benzene rings is 10. The van der Waals surface area contributed by atoms with Crippen molar-refractivity contribution in [3.05, 3.63) is 229 Å².